The zero-order chi connectivity index (χ0) is 8.97. The summed E-state index contributed by atoms with van der Waals surface area (Å²) in [6, 6.07) is 8.38. The Balaban J connectivity index is 2.82. The smallest absolute Gasteiger partial charge is 0.0475 e. The third kappa shape index (κ3) is 2.45. The second-order valence-corrected chi connectivity index (χ2v) is 4.53. The van der Waals surface area contributed by atoms with E-state index in [-0.39, 0.29) is 0 Å². The van der Waals surface area contributed by atoms with Gasteiger partial charge in [-0.2, -0.15) is 0 Å². The molecule has 0 saturated heterocycles. The molecule has 2 heteroatoms. The van der Waals surface area contributed by atoms with Gasteiger partial charge in [0.25, 0.3) is 0 Å². The normalized spacial score (nSPS) is 10.3. The molecule has 1 aromatic carbocycles. The molecule has 0 spiro atoms. The lowest BCUT2D eigenvalue weighted by molar-refractivity contribution is 1.11. The summed E-state index contributed by atoms with van der Waals surface area (Å²) in [6.07, 6.45) is 0. The summed E-state index contributed by atoms with van der Waals surface area (Å²) >= 11 is 1.89. The molecule has 0 unspecified atom stereocenters. The van der Waals surface area contributed by atoms with Gasteiger partial charge in [-0.25, -0.2) is 0 Å². The van der Waals surface area contributed by atoms with Gasteiger partial charge in [0, 0.05) is 22.9 Å². The van der Waals surface area contributed by atoms with E-state index in [9.17, 15) is 0 Å². The summed E-state index contributed by atoms with van der Waals surface area (Å²) in [7, 11) is 1.96. The molecule has 12 heavy (non-hydrogen) atoms. The van der Waals surface area contributed by atoms with Gasteiger partial charge in [0.1, 0.15) is 0 Å². The topological polar surface area (TPSA) is 12.0 Å². The van der Waals surface area contributed by atoms with Gasteiger partial charge < -0.3 is 5.32 Å². The van der Waals surface area contributed by atoms with Gasteiger partial charge >= 0.3 is 0 Å². The van der Waals surface area contributed by atoms with Crippen molar-refractivity contribution in [2.24, 2.45) is 0 Å². The van der Waals surface area contributed by atoms with E-state index in [1.54, 1.807) is 0 Å². The molecule has 1 N–H and O–H groups in total. The summed E-state index contributed by atoms with van der Waals surface area (Å²) in [4.78, 5) is 1.33. The van der Waals surface area contributed by atoms with Crippen molar-refractivity contribution in [1.82, 2.24) is 0 Å². The molecule has 1 rings (SSSR count). The lowest BCUT2D eigenvalue weighted by atomic mass is 10.3. The molecule has 0 aliphatic rings. The van der Waals surface area contributed by atoms with Crippen molar-refractivity contribution in [1.29, 1.82) is 0 Å². The first-order chi connectivity index (χ1) is 5.74. The Morgan fingerprint density at radius 3 is 2.50 bits per heavy atom. The SMILES string of the molecule is CNc1ccccc1SC(C)C. The maximum Gasteiger partial charge on any atom is 0.0475 e. The van der Waals surface area contributed by atoms with Gasteiger partial charge in [0.05, 0.1) is 0 Å². The quantitative estimate of drug-likeness (QED) is 0.718. The largest absolute Gasteiger partial charge is 0.387 e. The second kappa shape index (κ2) is 4.41. The first-order valence-corrected chi connectivity index (χ1v) is 5.05. The Bertz CT molecular complexity index is 245. The van der Waals surface area contributed by atoms with E-state index >= 15 is 0 Å². The zero-order valence-electron chi connectivity index (χ0n) is 7.79. The van der Waals surface area contributed by atoms with Crippen LogP contribution in [0.4, 0.5) is 5.69 Å². The van der Waals surface area contributed by atoms with Crippen LogP contribution in [-0.4, -0.2) is 12.3 Å². The number of hydrogen-bond donors (Lipinski definition) is 1. The Kier molecular flexibility index (Phi) is 3.48. The number of rotatable bonds is 3. The fourth-order valence-electron chi connectivity index (χ4n) is 1.03. The third-order valence-electron chi connectivity index (χ3n) is 1.52. The van der Waals surface area contributed by atoms with Gasteiger partial charge in [-0.1, -0.05) is 26.0 Å². The van der Waals surface area contributed by atoms with Crippen molar-refractivity contribution in [2.45, 2.75) is 24.0 Å². The predicted molar refractivity (Wildman–Crippen MR) is 57.0 cm³/mol. The van der Waals surface area contributed by atoms with E-state index in [4.69, 9.17) is 0 Å². The average molecular weight is 181 g/mol. The molecule has 0 bridgehead atoms. The summed E-state index contributed by atoms with van der Waals surface area (Å²) < 4.78 is 0. The molecule has 0 fully saturated rings. The fourth-order valence-corrected chi connectivity index (χ4v) is 1.99. The van der Waals surface area contributed by atoms with Crippen LogP contribution < -0.4 is 5.32 Å². The van der Waals surface area contributed by atoms with Crippen molar-refractivity contribution < 1.29 is 0 Å². The highest BCUT2D eigenvalue weighted by Gasteiger charge is 2.01. The zero-order valence-corrected chi connectivity index (χ0v) is 8.61. The molecule has 1 nitrogen and oxygen atoms in total. The number of anilines is 1. The standard InChI is InChI=1S/C10H15NS/c1-8(2)12-10-7-5-4-6-9(10)11-3/h4-8,11H,1-3H3. The summed E-state index contributed by atoms with van der Waals surface area (Å²) in [5, 5.41) is 3.82. The predicted octanol–water partition coefficient (Wildman–Crippen LogP) is 3.23. The van der Waals surface area contributed by atoms with Gasteiger partial charge in [0.15, 0.2) is 0 Å². The summed E-state index contributed by atoms with van der Waals surface area (Å²) in [5.74, 6) is 0. The Morgan fingerprint density at radius 1 is 1.25 bits per heavy atom. The maximum atomic E-state index is 3.18. The third-order valence-corrected chi connectivity index (χ3v) is 2.60. The van der Waals surface area contributed by atoms with Crippen LogP contribution in [0.1, 0.15) is 13.8 Å². The van der Waals surface area contributed by atoms with Gasteiger partial charge in [0.2, 0.25) is 0 Å². The molecule has 66 valence electrons. The van der Waals surface area contributed by atoms with E-state index in [2.05, 4.69) is 43.4 Å². The molecule has 0 atom stereocenters. The van der Waals surface area contributed by atoms with E-state index < -0.39 is 0 Å². The maximum absolute atomic E-state index is 3.18. The lowest BCUT2D eigenvalue weighted by Crippen LogP contribution is -1.93. The molecule has 0 radical (unpaired) electrons. The van der Waals surface area contributed by atoms with Crippen LogP contribution in [0.15, 0.2) is 29.2 Å². The molecular formula is C10H15NS. The van der Waals surface area contributed by atoms with E-state index in [0.717, 1.165) is 0 Å². The monoisotopic (exact) mass is 181 g/mol. The fraction of sp³-hybridized carbons (Fsp3) is 0.400. The Labute approximate surface area is 78.6 Å². The van der Waals surface area contributed by atoms with Crippen LogP contribution in [0.5, 0.6) is 0 Å². The molecule has 0 aromatic heterocycles. The molecular weight excluding hydrogens is 166 g/mol. The molecule has 0 saturated carbocycles. The van der Waals surface area contributed by atoms with Crippen LogP contribution >= 0.6 is 11.8 Å². The number of hydrogen-bond acceptors (Lipinski definition) is 2. The highest BCUT2D eigenvalue weighted by atomic mass is 32.2. The van der Waals surface area contributed by atoms with Crippen molar-refractivity contribution >= 4 is 17.4 Å². The minimum atomic E-state index is 0.638. The van der Waals surface area contributed by atoms with Gasteiger partial charge in [-0.05, 0) is 12.1 Å². The molecule has 0 aliphatic carbocycles. The average Bonchev–Trinajstić information content (AvgIpc) is 2.04. The van der Waals surface area contributed by atoms with Gasteiger partial charge in [-0.3, -0.25) is 0 Å². The highest BCUT2D eigenvalue weighted by Crippen LogP contribution is 2.29. The summed E-state index contributed by atoms with van der Waals surface area (Å²) in [5.41, 5.74) is 1.22. The van der Waals surface area contributed by atoms with Crippen molar-refractivity contribution in [3.05, 3.63) is 24.3 Å². The lowest BCUT2D eigenvalue weighted by Gasteiger charge is -2.09. The van der Waals surface area contributed by atoms with E-state index in [0.29, 0.717) is 5.25 Å². The van der Waals surface area contributed by atoms with Crippen molar-refractivity contribution in [3.63, 3.8) is 0 Å². The van der Waals surface area contributed by atoms with Crippen LogP contribution in [0.25, 0.3) is 0 Å². The first-order valence-electron chi connectivity index (χ1n) is 4.17. The summed E-state index contributed by atoms with van der Waals surface area (Å²) in [6.45, 7) is 4.41. The first kappa shape index (κ1) is 9.46. The Hall–Kier alpha value is -0.630. The van der Waals surface area contributed by atoms with Crippen LogP contribution in [0, 0.1) is 0 Å². The van der Waals surface area contributed by atoms with Crippen LogP contribution in [-0.2, 0) is 0 Å². The van der Waals surface area contributed by atoms with Gasteiger partial charge in [-0.15, -0.1) is 11.8 Å². The number of nitrogens with one attached hydrogen (secondary N) is 1. The van der Waals surface area contributed by atoms with E-state index in [1.807, 2.05) is 18.8 Å². The van der Waals surface area contributed by atoms with E-state index in [1.165, 1.54) is 10.6 Å². The molecule has 0 heterocycles. The molecule has 0 aliphatic heterocycles. The van der Waals surface area contributed by atoms with Crippen LogP contribution in [0.2, 0.25) is 0 Å². The number of para-hydroxylation sites is 1. The number of thioether (sulfide) groups is 1. The minimum absolute atomic E-state index is 0.638. The van der Waals surface area contributed by atoms with Crippen molar-refractivity contribution in [2.75, 3.05) is 12.4 Å². The highest BCUT2D eigenvalue weighted by molar-refractivity contribution is 8.00. The van der Waals surface area contributed by atoms with Crippen LogP contribution in [0.3, 0.4) is 0 Å². The Morgan fingerprint density at radius 2 is 1.92 bits per heavy atom. The second-order valence-electron chi connectivity index (χ2n) is 2.91. The number of benzene rings is 1. The van der Waals surface area contributed by atoms with Crippen molar-refractivity contribution in [3.8, 4) is 0 Å². The molecule has 1 aromatic rings. The molecule has 0 amide bonds. The minimum Gasteiger partial charge on any atom is -0.387 e.